The zero-order valence-corrected chi connectivity index (χ0v) is 50.5. The molecular formula is C58H88B10BrN3O5. The van der Waals surface area contributed by atoms with E-state index in [1.165, 1.54) is 87.8 Å². The number of hydrogen-bond donors (Lipinski definition) is 2. The molecule has 8 saturated carbocycles. The van der Waals surface area contributed by atoms with E-state index in [9.17, 15) is 19.8 Å². The Balaban J connectivity index is 0.000000167. The van der Waals surface area contributed by atoms with Crippen LogP contribution >= 0.6 is 15.9 Å². The third-order valence-electron chi connectivity index (χ3n) is 22.0. The molecule has 1 amide bonds. The Hall–Kier alpha value is -1.81. The molecule has 0 bridgehead atoms. The van der Waals surface area contributed by atoms with Gasteiger partial charge >= 0.3 is 0 Å². The fourth-order valence-corrected chi connectivity index (χ4v) is 18.2. The number of fused-ring (bicyclic) bond motifs is 10. The van der Waals surface area contributed by atoms with E-state index in [2.05, 4.69) is 63.8 Å². The summed E-state index contributed by atoms with van der Waals surface area (Å²) in [6.45, 7) is 8.93. The smallest absolute Gasteiger partial charge is 0.249 e. The largest absolute Gasteiger partial charge is 0.390 e. The van der Waals surface area contributed by atoms with Gasteiger partial charge in [0, 0.05) is 140 Å². The minimum Gasteiger partial charge on any atom is -0.390 e. The van der Waals surface area contributed by atoms with Crippen molar-refractivity contribution in [2.24, 2.45) is 81.8 Å². The summed E-state index contributed by atoms with van der Waals surface area (Å²) >= 11 is 3.38. The van der Waals surface area contributed by atoms with Gasteiger partial charge in [-0.15, -0.1) is 0 Å². The van der Waals surface area contributed by atoms with Gasteiger partial charge in [0.1, 0.15) is 0 Å². The second kappa shape index (κ2) is 25.8. The molecule has 0 saturated heterocycles. The van der Waals surface area contributed by atoms with Crippen molar-refractivity contribution in [3.05, 3.63) is 58.6 Å². The van der Waals surface area contributed by atoms with Crippen LogP contribution in [0.15, 0.2) is 53.0 Å². The van der Waals surface area contributed by atoms with E-state index in [4.69, 9.17) is 51.3 Å². The van der Waals surface area contributed by atoms with Gasteiger partial charge in [-0.3, -0.25) is 14.4 Å². The van der Waals surface area contributed by atoms with Gasteiger partial charge in [-0.2, -0.15) is 0 Å². The lowest BCUT2D eigenvalue weighted by molar-refractivity contribution is -0.180. The average Bonchev–Trinajstić information content (AvgIpc) is 3.97. The molecule has 16 atom stereocenters. The van der Waals surface area contributed by atoms with Crippen LogP contribution in [0.3, 0.4) is 0 Å². The van der Waals surface area contributed by atoms with Crippen molar-refractivity contribution in [3.63, 3.8) is 0 Å². The number of carbonyl (C=O) groups excluding carboxylic acids is 2. The summed E-state index contributed by atoms with van der Waals surface area (Å²) in [6.07, 6.45) is 18.6. The third-order valence-corrected chi connectivity index (χ3v) is 22.5. The van der Waals surface area contributed by atoms with Crippen LogP contribution in [0.2, 0.25) is 0 Å². The van der Waals surface area contributed by atoms with Crippen molar-refractivity contribution >= 4 is 111 Å². The van der Waals surface area contributed by atoms with E-state index < -0.39 is 36.7 Å². The molecule has 19 heteroatoms. The van der Waals surface area contributed by atoms with Gasteiger partial charge in [-0.05, 0) is 248 Å². The predicted molar refractivity (Wildman–Crippen MR) is 333 cm³/mol. The minimum atomic E-state index is -0.667. The van der Waals surface area contributed by atoms with E-state index in [0.29, 0.717) is 17.6 Å². The van der Waals surface area contributed by atoms with Crippen LogP contribution in [0, 0.1) is 81.8 Å². The second-order valence-electron chi connectivity index (χ2n) is 27.2. The van der Waals surface area contributed by atoms with Gasteiger partial charge in [-0.25, -0.2) is 5.06 Å². The summed E-state index contributed by atoms with van der Waals surface area (Å²) in [5.74, 6) is 8.64. The van der Waals surface area contributed by atoms with Crippen LogP contribution in [0.4, 0.5) is 11.4 Å². The molecule has 0 aliphatic heterocycles. The molecule has 0 heterocycles. The molecule has 2 aromatic rings. The Morgan fingerprint density at radius 1 is 0.532 bits per heavy atom. The average molecular weight is 1100 g/mol. The van der Waals surface area contributed by atoms with E-state index >= 15 is 0 Å². The molecule has 402 valence electrons. The Morgan fingerprint density at radius 2 is 0.922 bits per heavy atom. The van der Waals surface area contributed by atoms with Crippen LogP contribution in [-0.2, 0) is 9.63 Å². The van der Waals surface area contributed by atoms with Crippen LogP contribution in [0.25, 0.3) is 0 Å². The number of Topliss-reactive ketones (excluding diaryl/α,β-unsaturated/α-hetero) is 1. The van der Waals surface area contributed by atoms with Crippen molar-refractivity contribution in [3.8, 4) is 0 Å². The highest BCUT2D eigenvalue weighted by molar-refractivity contribution is 9.10. The molecule has 2 aromatic carbocycles. The first-order valence-corrected chi connectivity index (χ1v) is 30.5. The number of aliphatic hydroxyl groups is 2. The lowest BCUT2D eigenvalue weighted by atomic mass is 8.58. The number of hydroxylamine groups is 2. The summed E-state index contributed by atoms with van der Waals surface area (Å²) in [4.78, 5) is 35.8. The minimum absolute atomic E-state index is 0.128. The molecule has 8 nitrogen and oxygen atoms in total. The van der Waals surface area contributed by atoms with E-state index in [1.54, 1.807) is 14.2 Å². The Labute approximate surface area is 484 Å². The Kier molecular flexibility index (Phi) is 21.0. The van der Waals surface area contributed by atoms with Crippen LogP contribution in [-0.4, -0.2) is 152 Å². The van der Waals surface area contributed by atoms with Gasteiger partial charge in [0.25, 0.3) is 0 Å². The summed E-state index contributed by atoms with van der Waals surface area (Å²) in [6, 6.07) is 16.5. The molecule has 77 heavy (non-hydrogen) atoms. The van der Waals surface area contributed by atoms with Crippen molar-refractivity contribution < 1.29 is 24.6 Å². The highest BCUT2D eigenvalue weighted by atomic mass is 79.9. The fourth-order valence-electron chi connectivity index (χ4n) is 17.9. The molecule has 2 N–H and O–H groups in total. The molecule has 8 aliphatic carbocycles. The van der Waals surface area contributed by atoms with Gasteiger partial charge in [0.15, 0.2) is 5.78 Å². The van der Waals surface area contributed by atoms with Gasteiger partial charge < -0.3 is 20.0 Å². The molecule has 0 aromatic heterocycles. The van der Waals surface area contributed by atoms with Crippen LogP contribution in [0.5, 0.6) is 0 Å². The number of hydrogen-bond acceptors (Lipinski definition) is 7. The van der Waals surface area contributed by atoms with Gasteiger partial charge in [-0.1, -0.05) is 29.8 Å². The van der Waals surface area contributed by atoms with Gasteiger partial charge in [0.2, 0.25) is 5.91 Å². The highest BCUT2D eigenvalue weighted by Crippen LogP contribution is 2.66. The number of halogens is 1. The molecule has 12 radical (unpaired) electrons. The lowest BCUT2D eigenvalue weighted by Gasteiger charge is -2.56. The van der Waals surface area contributed by atoms with Crippen molar-refractivity contribution in [1.29, 1.82) is 0 Å². The van der Waals surface area contributed by atoms with Crippen molar-refractivity contribution in [1.82, 2.24) is 5.06 Å². The quantitative estimate of drug-likeness (QED) is 0.148. The van der Waals surface area contributed by atoms with Gasteiger partial charge in [0.05, 0.1) is 18.3 Å². The fraction of sp³-hybridized carbons (Fsp3) is 0.759. The van der Waals surface area contributed by atoms with E-state index in [0.717, 1.165) is 102 Å². The number of rotatable bonds is 9. The monoisotopic (exact) mass is 1100 g/mol. The highest BCUT2D eigenvalue weighted by Gasteiger charge is 2.61. The van der Waals surface area contributed by atoms with Crippen LogP contribution in [0.1, 0.15) is 154 Å². The molecule has 8 aliphatic rings. The zero-order chi connectivity index (χ0) is 56.5. The summed E-state index contributed by atoms with van der Waals surface area (Å²) < 4.78 is 1.12. The normalized spacial score (nSPS) is 37.2. The lowest BCUT2D eigenvalue weighted by Crippen LogP contribution is -2.62. The van der Waals surface area contributed by atoms with Crippen molar-refractivity contribution in [2.75, 3.05) is 52.1 Å². The SMILES string of the molecule is CN(C)c1ccc(Br)cc1.CN(C)c1ccc(C(=O)[C@H]2CC[C@H]3[C@@H]4CC[C@H]5C[C@](C)(O)CC[C@@H]5[C@H]4CC[C@]23C)cc1.CON(C)C(=O)[C@H]1CC[C@H]2[C@@H]3CC[C@H]4C[C@](C)(O)CC[C@@H]4[C@H]3CC[C@]12C.[B]B([B])B(B([B])[B])B([B])[B]. The van der Waals surface area contributed by atoms with Crippen molar-refractivity contribution in [2.45, 2.75) is 154 Å². The topological polar surface area (TPSA) is 93.6 Å². The number of carbonyl (C=O) groups is 2. The van der Waals surface area contributed by atoms with E-state index in [1.807, 2.05) is 66.3 Å². The first kappa shape index (κ1) is 62.8. The second-order valence-corrected chi connectivity index (χ2v) is 28.1. The molecular weight excluding hydrogens is 1010 g/mol. The maximum Gasteiger partial charge on any atom is 0.249 e. The first-order valence-electron chi connectivity index (χ1n) is 29.7. The number of ketones is 1. The Bertz CT molecular complexity index is 2250. The summed E-state index contributed by atoms with van der Waals surface area (Å²) in [5, 5.41) is 22.6. The summed E-state index contributed by atoms with van der Waals surface area (Å²) in [5.41, 5.74) is 2.72. The number of nitrogens with zero attached hydrogens (tertiary/aromatic N) is 3. The number of amides is 1. The standard InChI is InChI=1S/C28H41NO2.C22H37NO3.C8H10BrN.B10/c1-27(31)15-13-21-19(17-27)7-10-23-22(21)14-16-28(2)24(23)11-12-25(28)26(30)18-5-8-20(9-6-18)29(3)4;1-21(25)11-9-15-14(13-21)5-6-17-16(15)10-12-22(2)18(17)7-8-19(22)20(24)23(3)26-4;1-10(2)8-5-3-7(9)4-6-8;1-7(2)10(8(3)4)9(5)6/h5-6,8-9,19,21-25,31H,7,10-17H2,1-4H3;14-19,25H,5-13H2,1-4H3;3-6H,1-2H3;/t19-,21-,22+,23+,24-,25+,27+,28-;14-,15-,16+,17+,18-,19+,21+,22-;;/m00../s1. The molecule has 8 fully saturated rings. The van der Waals surface area contributed by atoms with Crippen LogP contribution < -0.4 is 9.80 Å². The van der Waals surface area contributed by atoms with E-state index in [-0.39, 0.29) is 28.6 Å². The maximum absolute atomic E-state index is 13.6. The predicted octanol–water partition coefficient (Wildman–Crippen LogP) is 8.69. The maximum atomic E-state index is 13.6. The molecule has 10 rings (SSSR count). The first-order chi connectivity index (χ1) is 36.1. The third kappa shape index (κ3) is 14.0. The molecule has 0 unspecified atom stereocenters. The summed E-state index contributed by atoms with van der Waals surface area (Å²) in [7, 11) is 43.3. The number of anilines is 2. The number of benzene rings is 2. The Morgan fingerprint density at radius 3 is 1.31 bits per heavy atom. The zero-order valence-electron chi connectivity index (χ0n) is 48.9. The molecule has 0 spiro atoms.